The van der Waals surface area contributed by atoms with E-state index in [-0.39, 0.29) is 11.6 Å². The summed E-state index contributed by atoms with van der Waals surface area (Å²) in [6, 6.07) is 14.0. The third kappa shape index (κ3) is 5.94. The molecule has 1 aliphatic heterocycles. The lowest BCUT2D eigenvalue weighted by atomic mass is 10.0. The van der Waals surface area contributed by atoms with Crippen LogP contribution in [0.1, 0.15) is 34.5 Å². The molecule has 3 heterocycles. The fraction of sp³-hybridized carbons (Fsp3) is 0.267. The number of piperidine rings is 1. The Kier molecular flexibility index (Phi) is 8.19. The number of carbonyl (C=O) groups excluding carboxylic acids is 1. The zero-order chi connectivity index (χ0) is 27.2. The molecule has 4 aromatic rings. The first kappa shape index (κ1) is 26.4. The summed E-state index contributed by atoms with van der Waals surface area (Å²) in [7, 11) is 1.62. The third-order valence-corrected chi connectivity index (χ3v) is 6.75. The number of amides is 1. The highest BCUT2D eigenvalue weighted by molar-refractivity contribution is 6.11. The van der Waals surface area contributed by atoms with Crippen LogP contribution in [0.3, 0.4) is 0 Å². The second kappa shape index (κ2) is 12.1. The van der Waals surface area contributed by atoms with Crippen molar-refractivity contribution in [3.63, 3.8) is 0 Å². The highest BCUT2D eigenvalue weighted by Crippen LogP contribution is 2.32. The number of nitrogens with zero attached hydrogens (tertiary/aromatic N) is 4. The third-order valence-electron chi connectivity index (χ3n) is 6.75. The van der Waals surface area contributed by atoms with E-state index in [9.17, 15) is 4.79 Å². The Labute approximate surface area is 227 Å². The molecule has 0 unspecified atom stereocenters. The van der Waals surface area contributed by atoms with E-state index >= 15 is 4.39 Å². The monoisotopic (exact) mass is 526 g/mol. The number of pyridine rings is 1. The van der Waals surface area contributed by atoms with Crippen LogP contribution >= 0.6 is 0 Å². The van der Waals surface area contributed by atoms with Crippen molar-refractivity contribution in [2.45, 2.75) is 25.8 Å². The number of nitrogens with one attached hydrogen (secondary N) is 2. The molecule has 8 nitrogen and oxygen atoms in total. The lowest BCUT2D eigenvalue weighted by Crippen LogP contribution is -2.49. The molecular weight excluding hydrogens is 495 g/mol. The fourth-order valence-corrected chi connectivity index (χ4v) is 4.87. The van der Waals surface area contributed by atoms with E-state index in [4.69, 9.17) is 4.74 Å². The standard InChI is InChI=1S/C30H31FN6O2/c1-20-6-3-7-21-12-15-33-28(27(20)21)37(24-9-4-14-32-19-24)29(38)25-11-10-23(18-26(25)31)36-30-34-16-13-22(35-30)8-5-17-39-2/h3,5-8,10-13,15-16,18,24,32H,4,9,14,17,19H2,1-2H3,(H,34,35,36)/b8-5+/t24-/m1/s1. The van der Waals surface area contributed by atoms with Crippen LogP contribution in [0.2, 0.25) is 0 Å². The summed E-state index contributed by atoms with van der Waals surface area (Å²) in [5, 5.41) is 8.28. The van der Waals surface area contributed by atoms with Crippen LogP contribution in [-0.2, 0) is 4.74 Å². The molecule has 1 aliphatic rings. The lowest BCUT2D eigenvalue weighted by Gasteiger charge is -2.35. The number of benzene rings is 2. The largest absolute Gasteiger partial charge is 0.381 e. The molecule has 1 saturated heterocycles. The molecule has 9 heteroatoms. The molecule has 0 radical (unpaired) electrons. The lowest BCUT2D eigenvalue weighted by molar-refractivity contribution is 0.0968. The van der Waals surface area contributed by atoms with Crippen molar-refractivity contribution in [2.75, 3.05) is 37.0 Å². The second-order valence-corrected chi connectivity index (χ2v) is 9.47. The van der Waals surface area contributed by atoms with E-state index in [0.717, 1.165) is 35.7 Å². The number of halogens is 1. The van der Waals surface area contributed by atoms with Crippen molar-refractivity contribution in [2.24, 2.45) is 0 Å². The first-order valence-electron chi connectivity index (χ1n) is 13.0. The van der Waals surface area contributed by atoms with E-state index in [2.05, 4.69) is 25.6 Å². The maximum Gasteiger partial charge on any atom is 0.262 e. The molecular formula is C30H31FN6O2. The van der Waals surface area contributed by atoms with Gasteiger partial charge in [0, 0.05) is 37.1 Å². The molecule has 1 fully saturated rings. The fourth-order valence-electron chi connectivity index (χ4n) is 4.87. The van der Waals surface area contributed by atoms with Gasteiger partial charge in [0.1, 0.15) is 11.6 Å². The minimum atomic E-state index is -0.633. The maximum absolute atomic E-state index is 15.5. The van der Waals surface area contributed by atoms with Gasteiger partial charge in [-0.1, -0.05) is 24.3 Å². The Bertz CT molecular complexity index is 1500. The van der Waals surface area contributed by atoms with E-state index in [1.165, 1.54) is 12.1 Å². The van der Waals surface area contributed by atoms with Crippen LogP contribution in [0, 0.1) is 12.7 Å². The minimum Gasteiger partial charge on any atom is -0.381 e. The molecule has 0 spiro atoms. The second-order valence-electron chi connectivity index (χ2n) is 9.47. The van der Waals surface area contributed by atoms with Crippen molar-refractivity contribution in [1.29, 1.82) is 0 Å². The number of rotatable bonds is 8. The zero-order valence-electron chi connectivity index (χ0n) is 22.0. The molecule has 1 atom stereocenters. The van der Waals surface area contributed by atoms with Crippen molar-refractivity contribution >= 4 is 40.2 Å². The molecule has 2 aromatic heterocycles. The minimum absolute atomic E-state index is 0.0179. The smallest absolute Gasteiger partial charge is 0.262 e. The van der Waals surface area contributed by atoms with Crippen molar-refractivity contribution in [1.82, 2.24) is 20.3 Å². The topological polar surface area (TPSA) is 92.3 Å². The van der Waals surface area contributed by atoms with Gasteiger partial charge in [0.15, 0.2) is 0 Å². The van der Waals surface area contributed by atoms with Gasteiger partial charge in [0.05, 0.1) is 23.9 Å². The number of hydrogen-bond donors (Lipinski definition) is 2. The Morgan fingerprint density at radius 1 is 1.21 bits per heavy atom. The summed E-state index contributed by atoms with van der Waals surface area (Å²) >= 11 is 0. The number of methoxy groups -OCH3 is 1. The highest BCUT2D eigenvalue weighted by Gasteiger charge is 2.31. The molecule has 200 valence electrons. The number of carbonyl (C=O) groups is 1. The number of anilines is 3. The van der Waals surface area contributed by atoms with Crippen LogP contribution in [0.25, 0.3) is 16.8 Å². The van der Waals surface area contributed by atoms with Gasteiger partial charge in [0.2, 0.25) is 5.95 Å². The first-order chi connectivity index (χ1) is 19.0. The van der Waals surface area contributed by atoms with Crippen LogP contribution in [0.5, 0.6) is 0 Å². The average molecular weight is 527 g/mol. The number of aromatic nitrogens is 3. The van der Waals surface area contributed by atoms with E-state index < -0.39 is 11.7 Å². The molecule has 1 amide bonds. The summed E-state index contributed by atoms with van der Waals surface area (Å²) in [6.07, 6.45) is 8.70. The van der Waals surface area contributed by atoms with Gasteiger partial charge in [-0.3, -0.25) is 9.69 Å². The van der Waals surface area contributed by atoms with E-state index in [1.54, 1.807) is 36.5 Å². The van der Waals surface area contributed by atoms with Gasteiger partial charge in [-0.15, -0.1) is 0 Å². The summed E-state index contributed by atoms with van der Waals surface area (Å²) in [6.45, 7) is 3.97. The van der Waals surface area contributed by atoms with Crippen molar-refractivity contribution in [3.8, 4) is 0 Å². The van der Waals surface area contributed by atoms with Crippen LogP contribution in [0.15, 0.2) is 67.0 Å². The Balaban J connectivity index is 1.46. The normalized spacial score (nSPS) is 15.5. The Morgan fingerprint density at radius 3 is 2.87 bits per heavy atom. The summed E-state index contributed by atoms with van der Waals surface area (Å²) in [5.74, 6) is -0.180. The van der Waals surface area contributed by atoms with Crippen molar-refractivity contribution < 1.29 is 13.9 Å². The molecule has 2 N–H and O–H groups in total. The summed E-state index contributed by atoms with van der Waals surface area (Å²) in [4.78, 5) is 29.0. The molecule has 0 bridgehead atoms. The SMILES string of the molecule is COC/C=C/c1ccnc(Nc2ccc(C(=O)N(c3nccc4cccc(C)c34)[C@@H]3CCCNC3)c(F)c2)n1. The highest BCUT2D eigenvalue weighted by atomic mass is 19.1. The molecule has 39 heavy (non-hydrogen) atoms. The van der Waals surface area contributed by atoms with Crippen LogP contribution in [-0.4, -0.2) is 53.7 Å². The maximum atomic E-state index is 15.5. The number of aryl methyl sites for hydroxylation is 1. The number of ether oxygens (including phenoxy) is 1. The van der Waals surface area contributed by atoms with Crippen molar-refractivity contribution in [3.05, 3.63) is 89.6 Å². The van der Waals surface area contributed by atoms with Gasteiger partial charge < -0.3 is 15.4 Å². The van der Waals surface area contributed by atoms with Gasteiger partial charge in [-0.25, -0.2) is 19.3 Å². The van der Waals surface area contributed by atoms with E-state index in [0.29, 0.717) is 36.3 Å². The zero-order valence-corrected chi connectivity index (χ0v) is 22.0. The molecule has 2 aromatic carbocycles. The first-order valence-corrected chi connectivity index (χ1v) is 13.0. The quantitative estimate of drug-likeness (QED) is 0.323. The average Bonchev–Trinajstić information content (AvgIpc) is 2.94. The summed E-state index contributed by atoms with van der Waals surface area (Å²) < 4.78 is 20.6. The van der Waals surface area contributed by atoms with Gasteiger partial charge in [-0.2, -0.15) is 0 Å². The van der Waals surface area contributed by atoms with Gasteiger partial charge in [-0.05, 0) is 73.7 Å². The summed E-state index contributed by atoms with van der Waals surface area (Å²) in [5.41, 5.74) is 2.12. The molecule has 0 saturated carbocycles. The Morgan fingerprint density at radius 2 is 2.08 bits per heavy atom. The van der Waals surface area contributed by atoms with Crippen LogP contribution < -0.4 is 15.5 Å². The van der Waals surface area contributed by atoms with Crippen LogP contribution in [0.4, 0.5) is 21.8 Å². The van der Waals surface area contributed by atoms with Gasteiger partial charge >= 0.3 is 0 Å². The molecule has 5 rings (SSSR count). The number of fused-ring (bicyclic) bond motifs is 1. The Hall–Kier alpha value is -4.21. The predicted octanol–water partition coefficient (Wildman–Crippen LogP) is 5.27. The predicted molar refractivity (Wildman–Crippen MR) is 152 cm³/mol. The van der Waals surface area contributed by atoms with E-state index in [1.807, 2.05) is 43.3 Å². The molecule has 0 aliphatic carbocycles. The van der Waals surface area contributed by atoms with Gasteiger partial charge in [0.25, 0.3) is 5.91 Å². The number of hydrogen-bond acceptors (Lipinski definition) is 7.